The highest BCUT2D eigenvalue weighted by atomic mass is 35.5. The van der Waals surface area contributed by atoms with E-state index in [2.05, 4.69) is 19.1 Å². The maximum absolute atomic E-state index is 6.07. The zero-order valence-corrected chi connectivity index (χ0v) is 11.3. The molecule has 0 aliphatic heterocycles. The van der Waals surface area contributed by atoms with Gasteiger partial charge in [0.15, 0.2) is 5.75 Å². The molecule has 1 rings (SSSR count). The van der Waals surface area contributed by atoms with Crippen molar-refractivity contribution >= 4 is 23.2 Å². The Morgan fingerprint density at radius 2 is 1.88 bits per heavy atom. The molecule has 0 fully saturated rings. The molecule has 0 amide bonds. The van der Waals surface area contributed by atoms with Crippen LogP contribution in [0, 0.1) is 5.92 Å². The van der Waals surface area contributed by atoms with E-state index in [9.17, 15) is 0 Å². The van der Waals surface area contributed by atoms with Crippen molar-refractivity contribution in [1.82, 2.24) is 0 Å². The van der Waals surface area contributed by atoms with E-state index >= 15 is 0 Å². The first kappa shape index (κ1) is 13.4. The summed E-state index contributed by atoms with van der Waals surface area (Å²) in [4.78, 5) is 0. The minimum atomic E-state index is 0.477. The fourth-order valence-corrected chi connectivity index (χ4v) is 2.38. The van der Waals surface area contributed by atoms with Crippen LogP contribution in [0.5, 0.6) is 5.75 Å². The lowest BCUT2D eigenvalue weighted by Crippen LogP contribution is -1.97. The lowest BCUT2D eigenvalue weighted by Gasteiger charge is -2.10. The Morgan fingerprint density at radius 3 is 2.31 bits per heavy atom. The summed E-state index contributed by atoms with van der Waals surface area (Å²) in [5.74, 6) is 1.02. The van der Waals surface area contributed by atoms with Gasteiger partial charge in [0.2, 0.25) is 0 Å². The highest BCUT2D eigenvalue weighted by Gasteiger charge is 2.09. The van der Waals surface area contributed by atoms with Gasteiger partial charge in [-0.2, -0.15) is 0 Å². The highest BCUT2D eigenvalue weighted by molar-refractivity contribution is 6.37. The largest absolute Gasteiger partial charge is 0.494 e. The van der Waals surface area contributed by atoms with E-state index in [-0.39, 0.29) is 0 Å². The quantitative estimate of drug-likeness (QED) is 0.708. The Bertz CT molecular complexity index is 363. The topological polar surface area (TPSA) is 9.23 Å². The average molecular weight is 259 g/mol. The molecule has 3 heteroatoms. The molecule has 88 valence electrons. The second kappa shape index (κ2) is 6.17. The number of allylic oxidation sites excluding steroid dienone is 2. The van der Waals surface area contributed by atoms with E-state index in [0.29, 0.717) is 21.7 Å². The molecule has 1 aromatic carbocycles. The van der Waals surface area contributed by atoms with Crippen LogP contribution < -0.4 is 4.74 Å². The molecule has 1 unspecified atom stereocenters. The zero-order valence-electron chi connectivity index (χ0n) is 9.76. The summed E-state index contributed by atoms with van der Waals surface area (Å²) in [5.41, 5.74) is 1.13. The fraction of sp³-hybridized carbons (Fsp3) is 0.385. The van der Waals surface area contributed by atoms with Crippen LogP contribution in [-0.2, 0) is 6.42 Å². The molecular weight excluding hydrogens is 243 g/mol. The Hall–Kier alpha value is -0.660. The molecule has 0 bridgehead atoms. The molecule has 0 saturated heterocycles. The average Bonchev–Trinajstić information content (AvgIpc) is 2.17. The van der Waals surface area contributed by atoms with Crippen molar-refractivity contribution < 1.29 is 4.74 Å². The van der Waals surface area contributed by atoms with Crippen LogP contribution in [0.3, 0.4) is 0 Å². The van der Waals surface area contributed by atoms with Crippen LogP contribution in [0.15, 0.2) is 24.3 Å². The molecule has 1 nitrogen and oxygen atoms in total. The second-order valence-electron chi connectivity index (χ2n) is 3.80. The van der Waals surface area contributed by atoms with Gasteiger partial charge in [-0.05, 0) is 37.0 Å². The maximum atomic E-state index is 6.07. The Kier molecular flexibility index (Phi) is 5.17. The van der Waals surface area contributed by atoms with E-state index in [0.717, 1.165) is 12.0 Å². The summed E-state index contributed by atoms with van der Waals surface area (Å²) in [6.07, 6.45) is 5.14. The summed E-state index contributed by atoms with van der Waals surface area (Å²) in [7, 11) is 1.56. The number of benzene rings is 1. The smallest absolute Gasteiger partial charge is 0.156 e. The molecule has 0 spiro atoms. The minimum absolute atomic E-state index is 0.477. The number of rotatable bonds is 4. The molecule has 0 aliphatic rings. The maximum Gasteiger partial charge on any atom is 0.156 e. The number of ether oxygens (including phenoxy) is 1. The van der Waals surface area contributed by atoms with Crippen molar-refractivity contribution in [3.05, 3.63) is 39.9 Å². The summed E-state index contributed by atoms with van der Waals surface area (Å²) in [6, 6.07) is 3.82. The predicted octanol–water partition coefficient (Wildman–Crippen LogP) is 4.76. The van der Waals surface area contributed by atoms with Gasteiger partial charge in [0.05, 0.1) is 17.2 Å². The van der Waals surface area contributed by atoms with E-state index in [1.165, 1.54) is 0 Å². The van der Waals surface area contributed by atoms with Crippen molar-refractivity contribution in [1.29, 1.82) is 0 Å². The first-order valence-corrected chi connectivity index (χ1v) is 5.98. The third-order valence-electron chi connectivity index (χ3n) is 2.34. The van der Waals surface area contributed by atoms with Gasteiger partial charge in [0.25, 0.3) is 0 Å². The van der Waals surface area contributed by atoms with Crippen molar-refractivity contribution in [3.63, 3.8) is 0 Å². The van der Waals surface area contributed by atoms with Crippen molar-refractivity contribution in [2.45, 2.75) is 20.3 Å². The van der Waals surface area contributed by atoms with Crippen LogP contribution in [0.1, 0.15) is 19.4 Å². The summed E-state index contributed by atoms with van der Waals surface area (Å²) in [6.45, 7) is 4.18. The van der Waals surface area contributed by atoms with Gasteiger partial charge >= 0.3 is 0 Å². The molecule has 0 aliphatic carbocycles. The van der Waals surface area contributed by atoms with Crippen LogP contribution in [0.2, 0.25) is 10.0 Å². The minimum Gasteiger partial charge on any atom is -0.494 e. The van der Waals surface area contributed by atoms with Gasteiger partial charge < -0.3 is 4.74 Å². The monoisotopic (exact) mass is 258 g/mol. The molecule has 0 N–H and O–H groups in total. The third kappa shape index (κ3) is 3.43. The Labute approximate surface area is 107 Å². The van der Waals surface area contributed by atoms with Crippen molar-refractivity contribution in [2.75, 3.05) is 7.11 Å². The third-order valence-corrected chi connectivity index (χ3v) is 2.90. The summed E-state index contributed by atoms with van der Waals surface area (Å²) < 4.78 is 5.11. The van der Waals surface area contributed by atoms with Crippen LogP contribution >= 0.6 is 23.2 Å². The molecule has 0 heterocycles. The van der Waals surface area contributed by atoms with Gasteiger partial charge in [-0.1, -0.05) is 42.3 Å². The molecular formula is C13H16Cl2O. The molecule has 0 aromatic heterocycles. The number of hydrogen-bond donors (Lipinski definition) is 0. The second-order valence-corrected chi connectivity index (χ2v) is 4.61. The van der Waals surface area contributed by atoms with Crippen LogP contribution in [0.4, 0.5) is 0 Å². The van der Waals surface area contributed by atoms with Crippen molar-refractivity contribution in [3.8, 4) is 5.75 Å². The molecule has 0 saturated carbocycles. The standard InChI is InChI=1S/C13H16Cl2O/c1-4-5-9(2)6-10-7-11(14)13(16-3)12(15)8-10/h4-5,7-9H,6H2,1-3H3/b5-4-. The molecule has 1 aromatic rings. The zero-order chi connectivity index (χ0) is 12.1. The van der Waals surface area contributed by atoms with Crippen molar-refractivity contribution in [2.24, 2.45) is 5.92 Å². The van der Waals surface area contributed by atoms with Gasteiger partial charge in [-0.3, -0.25) is 0 Å². The van der Waals surface area contributed by atoms with Crippen LogP contribution in [0.25, 0.3) is 0 Å². The molecule has 0 radical (unpaired) electrons. The van der Waals surface area contributed by atoms with Gasteiger partial charge in [0.1, 0.15) is 0 Å². The normalized spacial score (nSPS) is 13.1. The fourth-order valence-electron chi connectivity index (χ4n) is 1.69. The first-order valence-electron chi connectivity index (χ1n) is 5.23. The Morgan fingerprint density at radius 1 is 1.31 bits per heavy atom. The van der Waals surface area contributed by atoms with Gasteiger partial charge in [-0.25, -0.2) is 0 Å². The molecule has 16 heavy (non-hydrogen) atoms. The van der Waals surface area contributed by atoms with E-state index in [1.54, 1.807) is 7.11 Å². The van der Waals surface area contributed by atoms with Crippen LogP contribution in [-0.4, -0.2) is 7.11 Å². The van der Waals surface area contributed by atoms with E-state index < -0.39 is 0 Å². The predicted molar refractivity (Wildman–Crippen MR) is 70.7 cm³/mol. The summed E-state index contributed by atoms with van der Waals surface area (Å²) in [5, 5.41) is 1.13. The Balaban J connectivity index is 2.91. The first-order chi connectivity index (χ1) is 7.58. The van der Waals surface area contributed by atoms with E-state index in [4.69, 9.17) is 27.9 Å². The summed E-state index contributed by atoms with van der Waals surface area (Å²) >= 11 is 12.1. The number of methoxy groups -OCH3 is 1. The SMILES string of the molecule is C/C=C\C(C)Cc1cc(Cl)c(OC)c(Cl)c1. The lowest BCUT2D eigenvalue weighted by molar-refractivity contribution is 0.415. The van der Waals surface area contributed by atoms with E-state index in [1.807, 2.05) is 19.1 Å². The highest BCUT2D eigenvalue weighted by Crippen LogP contribution is 2.34. The lowest BCUT2D eigenvalue weighted by atomic mass is 10.0. The van der Waals surface area contributed by atoms with Gasteiger partial charge in [-0.15, -0.1) is 0 Å². The molecule has 1 atom stereocenters. The number of halogens is 2. The number of hydrogen-bond acceptors (Lipinski definition) is 1. The van der Waals surface area contributed by atoms with Gasteiger partial charge in [0, 0.05) is 0 Å².